The molecule has 0 rings (SSSR count). The molecular formula is C10H17NO5. The van der Waals surface area contributed by atoms with E-state index in [1.54, 1.807) is 20.8 Å². The third-order valence-electron chi connectivity index (χ3n) is 1.45. The molecular weight excluding hydrogens is 214 g/mol. The number of alkyl carbamates (subject to hydrolysis) is 1. The van der Waals surface area contributed by atoms with Crippen molar-refractivity contribution in [3.05, 3.63) is 11.8 Å². The van der Waals surface area contributed by atoms with Gasteiger partial charge in [-0.05, 0) is 27.7 Å². The third-order valence-corrected chi connectivity index (χ3v) is 1.45. The normalized spacial score (nSPS) is 14.1. The summed E-state index contributed by atoms with van der Waals surface area (Å²) in [4.78, 5) is 21.5. The third kappa shape index (κ3) is 6.69. The number of carboxylic acid groups (broad SMARTS) is 1. The Kier molecular flexibility index (Phi) is 4.81. The van der Waals surface area contributed by atoms with Crippen LogP contribution in [0.3, 0.4) is 0 Å². The maximum atomic E-state index is 11.2. The molecule has 0 aliphatic rings. The first-order valence-electron chi connectivity index (χ1n) is 4.75. The highest BCUT2D eigenvalue weighted by Crippen LogP contribution is 2.07. The molecule has 0 radical (unpaired) electrons. The topological polar surface area (TPSA) is 95.9 Å². The van der Waals surface area contributed by atoms with E-state index in [1.165, 1.54) is 6.92 Å². The molecule has 0 spiro atoms. The van der Waals surface area contributed by atoms with Gasteiger partial charge in [0.15, 0.2) is 0 Å². The van der Waals surface area contributed by atoms with E-state index >= 15 is 0 Å². The van der Waals surface area contributed by atoms with Crippen molar-refractivity contribution in [2.75, 3.05) is 0 Å². The quantitative estimate of drug-likeness (QED) is 0.504. The summed E-state index contributed by atoms with van der Waals surface area (Å²) in [6.07, 6.45) is -0.104. The van der Waals surface area contributed by atoms with Gasteiger partial charge in [0.25, 0.3) is 0 Å². The largest absolute Gasteiger partial charge is 0.510 e. The number of nitrogens with one attached hydrogen (secondary N) is 1. The minimum absolute atomic E-state index is 0.446. The Balaban J connectivity index is 4.30. The summed E-state index contributed by atoms with van der Waals surface area (Å²) in [6.45, 7) is 6.54. The Morgan fingerprint density at radius 1 is 1.31 bits per heavy atom. The van der Waals surface area contributed by atoms with Crippen molar-refractivity contribution < 1.29 is 24.5 Å². The number of rotatable bonds is 3. The molecule has 6 heteroatoms. The first-order chi connectivity index (χ1) is 7.11. The van der Waals surface area contributed by atoms with Gasteiger partial charge in [0, 0.05) is 0 Å². The van der Waals surface area contributed by atoms with Crippen LogP contribution >= 0.6 is 0 Å². The predicted molar refractivity (Wildman–Crippen MR) is 57.2 cm³/mol. The van der Waals surface area contributed by atoms with Crippen LogP contribution in [-0.2, 0) is 9.53 Å². The summed E-state index contributed by atoms with van der Waals surface area (Å²) >= 11 is 0. The first kappa shape index (κ1) is 14.3. The molecule has 1 amide bonds. The lowest BCUT2D eigenvalue weighted by atomic mass is 10.2. The van der Waals surface area contributed by atoms with Crippen molar-refractivity contribution in [2.24, 2.45) is 0 Å². The Hall–Kier alpha value is -1.72. The van der Waals surface area contributed by atoms with Crippen LogP contribution in [0, 0.1) is 0 Å². The molecule has 0 aromatic heterocycles. The molecule has 0 saturated heterocycles. The van der Waals surface area contributed by atoms with Gasteiger partial charge in [-0.25, -0.2) is 9.59 Å². The average Bonchev–Trinajstić information content (AvgIpc) is 1.98. The fourth-order valence-electron chi connectivity index (χ4n) is 0.810. The van der Waals surface area contributed by atoms with Gasteiger partial charge in [-0.15, -0.1) is 0 Å². The minimum Gasteiger partial charge on any atom is -0.510 e. The SMILES string of the molecule is CC(NC(=O)OC(C)(C)C)/C(O)=C/C(=O)O. The van der Waals surface area contributed by atoms with Crippen molar-refractivity contribution in [3.63, 3.8) is 0 Å². The Labute approximate surface area is 93.9 Å². The van der Waals surface area contributed by atoms with Crippen LogP contribution in [0.15, 0.2) is 11.8 Å². The second-order valence-electron chi connectivity index (χ2n) is 4.28. The van der Waals surface area contributed by atoms with E-state index in [0.29, 0.717) is 6.08 Å². The lowest BCUT2D eigenvalue weighted by molar-refractivity contribution is -0.131. The van der Waals surface area contributed by atoms with E-state index in [4.69, 9.17) is 9.84 Å². The van der Waals surface area contributed by atoms with E-state index in [1.807, 2.05) is 0 Å². The zero-order chi connectivity index (χ0) is 12.9. The zero-order valence-corrected chi connectivity index (χ0v) is 9.77. The number of carbonyl (C=O) groups excluding carboxylic acids is 1. The van der Waals surface area contributed by atoms with Crippen LogP contribution in [0.1, 0.15) is 27.7 Å². The molecule has 0 aliphatic carbocycles. The maximum Gasteiger partial charge on any atom is 0.408 e. The Morgan fingerprint density at radius 3 is 2.19 bits per heavy atom. The van der Waals surface area contributed by atoms with Gasteiger partial charge in [-0.3, -0.25) is 0 Å². The standard InChI is InChI=1S/C10H17NO5/c1-6(7(12)5-8(13)14)11-9(15)16-10(2,3)4/h5-6,12H,1-4H3,(H,11,15)(H,13,14)/b7-5-. The number of hydrogen-bond donors (Lipinski definition) is 3. The second kappa shape index (κ2) is 5.39. The van der Waals surface area contributed by atoms with Gasteiger partial charge in [-0.2, -0.15) is 0 Å². The Morgan fingerprint density at radius 2 is 1.81 bits per heavy atom. The summed E-state index contributed by atoms with van der Waals surface area (Å²) < 4.78 is 4.93. The number of carboxylic acids is 1. The molecule has 1 unspecified atom stereocenters. The van der Waals surface area contributed by atoms with Crippen molar-refractivity contribution in [2.45, 2.75) is 39.3 Å². The number of ether oxygens (including phenoxy) is 1. The number of aliphatic hydroxyl groups excluding tert-OH is 1. The number of aliphatic carboxylic acids is 1. The van der Waals surface area contributed by atoms with Crippen molar-refractivity contribution in [1.82, 2.24) is 5.32 Å². The second-order valence-corrected chi connectivity index (χ2v) is 4.28. The van der Waals surface area contributed by atoms with Gasteiger partial charge in [-0.1, -0.05) is 0 Å². The van der Waals surface area contributed by atoms with Crippen LogP contribution in [0.5, 0.6) is 0 Å². The van der Waals surface area contributed by atoms with E-state index < -0.39 is 29.5 Å². The van der Waals surface area contributed by atoms with Crippen molar-refractivity contribution >= 4 is 12.1 Å². The number of amides is 1. The molecule has 0 aromatic carbocycles. The molecule has 0 bridgehead atoms. The fraction of sp³-hybridized carbons (Fsp3) is 0.600. The number of carbonyl (C=O) groups is 2. The average molecular weight is 231 g/mol. The highest BCUT2D eigenvalue weighted by atomic mass is 16.6. The maximum absolute atomic E-state index is 11.2. The summed E-state index contributed by atoms with van der Waals surface area (Å²) in [5.74, 6) is -1.73. The van der Waals surface area contributed by atoms with Crippen LogP contribution in [-0.4, -0.2) is 33.9 Å². The highest BCUT2D eigenvalue weighted by Gasteiger charge is 2.19. The molecule has 0 heterocycles. The van der Waals surface area contributed by atoms with Gasteiger partial charge in [0.05, 0.1) is 12.1 Å². The van der Waals surface area contributed by atoms with Gasteiger partial charge >= 0.3 is 12.1 Å². The number of aliphatic hydroxyl groups is 1. The molecule has 0 fully saturated rings. The fourth-order valence-corrected chi connectivity index (χ4v) is 0.810. The minimum atomic E-state index is -1.28. The lowest BCUT2D eigenvalue weighted by Crippen LogP contribution is -2.38. The molecule has 1 atom stereocenters. The van der Waals surface area contributed by atoms with E-state index in [9.17, 15) is 14.7 Å². The smallest absolute Gasteiger partial charge is 0.408 e. The van der Waals surface area contributed by atoms with Crippen LogP contribution in [0.2, 0.25) is 0 Å². The van der Waals surface area contributed by atoms with Crippen LogP contribution in [0.4, 0.5) is 4.79 Å². The first-order valence-corrected chi connectivity index (χ1v) is 4.75. The molecule has 0 aliphatic heterocycles. The van der Waals surface area contributed by atoms with E-state index in [0.717, 1.165) is 0 Å². The summed E-state index contributed by atoms with van der Waals surface area (Å²) in [6, 6.07) is -0.814. The molecule has 16 heavy (non-hydrogen) atoms. The van der Waals surface area contributed by atoms with Crippen molar-refractivity contribution in [3.8, 4) is 0 Å². The van der Waals surface area contributed by atoms with Gasteiger partial charge < -0.3 is 20.3 Å². The zero-order valence-electron chi connectivity index (χ0n) is 9.77. The highest BCUT2D eigenvalue weighted by molar-refractivity contribution is 5.80. The molecule has 0 aromatic rings. The molecule has 3 N–H and O–H groups in total. The van der Waals surface area contributed by atoms with E-state index in [2.05, 4.69) is 5.32 Å². The Bertz CT molecular complexity index is 303. The molecule has 6 nitrogen and oxygen atoms in total. The van der Waals surface area contributed by atoms with Gasteiger partial charge in [0.1, 0.15) is 11.4 Å². The van der Waals surface area contributed by atoms with Gasteiger partial charge in [0.2, 0.25) is 0 Å². The lowest BCUT2D eigenvalue weighted by Gasteiger charge is -2.21. The van der Waals surface area contributed by atoms with Crippen LogP contribution in [0.25, 0.3) is 0 Å². The molecule has 92 valence electrons. The molecule has 0 saturated carbocycles. The predicted octanol–water partition coefficient (Wildman–Crippen LogP) is 1.43. The van der Waals surface area contributed by atoms with Crippen molar-refractivity contribution in [1.29, 1.82) is 0 Å². The summed E-state index contributed by atoms with van der Waals surface area (Å²) in [5, 5.41) is 19.9. The summed E-state index contributed by atoms with van der Waals surface area (Å²) in [5.41, 5.74) is -0.643. The summed E-state index contributed by atoms with van der Waals surface area (Å²) in [7, 11) is 0. The number of hydrogen-bond acceptors (Lipinski definition) is 4. The van der Waals surface area contributed by atoms with Crippen LogP contribution < -0.4 is 5.32 Å². The van der Waals surface area contributed by atoms with E-state index in [-0.39, 0.29) is 0 Å². The monoisotopic (exact) mass is 231 g/mol.